The van der Waals surface area contributed by atoms with Crippen LogP contribution in [0.3, 0.4) is 0 Å². The lowest BCUT2D eigenvalue weighted by atomic mass is 10.1. The van der Waals surface area contributed by atoms with Crippen LogP contribution in [0.2, 0.25) is 0 Å². The summed E-state index contributed by atoms with van der Waals surface area (Å²) in [4.78, 5) is 29.6. The predicted molar refractivity (Wildman–Crippen MR) is 85.7 cm³/mol. The van der Waals surface area contributed by atoms with Crippen molar-refractivity contribution in [2.75, 3.05) is 23.3 Å². The Morgan fingerprint density at radius 2 is 2.22 bits per heavy atom. The normalized spacial score (nSPS) is 14.3. The van der Waals surface area contributed by atoms with Crippen molar-refractivity contribution in [1.29, 1.82) is 0 Å². The Kier molecular flexibility index (Phi) is 4.09. The predicted octanol–water partition coefficient (Wildman–Crippen LogP) is 1.96. The summed E-state index contributed by atoms with van der Waals surface area (Å²) in [5.74, 6) is -0.474. The van der Waals surface area contributed by atoms with Gasteiger partial charge in [-0.15, -0.1) is 0 Å². The molecule has 0 atom stereocenters. The van der Waals surface area contributed by atoms with Gasteiger partial charge < -0.3 is 15.7 Å². The van der Waals surface area contributed by atoms with Crippen molar-refractivity contribution in [3.05, 3.63) is 48.3 Å². The molecule has 3 amide bonds. The van der Waals surface area contributed by atoms with Gasteiger partial charge >= 0.3 is 6.03 Å². The number of nitrogens with one attached hydrogen (secondary N) is 2. The SMILES string of the molecule is O=C(Nc1ccncc1O)c1cccc(N2CCCNC2=O)c1. The molecule has 0 spiro atoms. The fourth-order valence-corrected chi connectivity index (χ4v) is 2.38. The second kappa shape index (κ2) is 6.35. The molecule has 0 bridgehead atoms. The minimum atomic E-state index is -0.370. The Morgan fingerprint density at radius 1 is 1.35 bits per heavy atom. The summed E-state index contributed by atoms with van der Waals surface area (Å²) in [6, 6.07) is 8.15. The molecule has 2 aromatic rings. The summed E-state index contributed by atoms with van der Waals surface area (Å²) < 4.78 is 0. The van der Waals surface area contributed by atoms with Crippen LogP contribution in [0.5, 0.6) is 5.75 Å². The molecule has 1 aromatic carbocycles. The highest BCUT2D eigenvalue weighted by molar-refractivity contribution is 6.06. The van der Waals surface area contributed by atoms with E-state index >= 15 is 0 Å². The highest BCUT2D eigenvalue weighted by Crippen LogP contribution is 2.23. The molecular formula is C16H16N4O3. The molecule has 1 aliphatic rings. The summed E-state index contributed by atoms with van der Waals surface area (Å²) >= 11 is 0. The standard InChI is InChI=1S/C16H16N4O3/c21-14-10-17-7-5-13(14)19-15(22)11-3-1-4-12(9-11)20-8-2-6-18-16(20)23/h1,3-5,7,9-10,21H,2,6,8H2,(H,18,23)(H,17,19,22). The minimum Gasteiger partial charge on any atom is -0.504 e. The number of urea groups is 1. The van der Waals surface area contributed by atoms with Gasteiger partial charge in [0.05, 0.1) is 11.9 Å². The van der Waals surface area contributed by atoms with E-state index in [1.165, 1.54) is 18.5 Å². The molecule has 1 aliphatic heterocycles. The second-order valence-corrected chi connectivity index (χ2v) is 5.13. The lowest BCUT2D eigenvalue weighted by Gasteiger charge is -2.27. The molecule has 23 heavy (non-hydrogen) atoms. The van der Waals surface area contributed by atoms with Crippen molar-refractivity contribution in [2.45, 2.75) is 6.42 Å². The van der Waals surface area contributed by atoms with E-state index in [0.717, 1.165) is 6.42 Å². The molecule has 1 fully saturated rings. The van der Waals surface area contributed by atoms with Gasteiger partial charge in [0.2, 0.25) is 0 Å². The zero-order valence-electron chi connectivity index (χ0n) is 12.3. The van der Waals surface area contributed by atoms with Gasteiger partial charge in [-0.25, -0.2) is 4.79 Å². The van der Waals surface area contributed by atoms with Gasteiger partial charge in [0.15, 0.2) is 5.75 Å². The fourth-order valence-electron chi connectivity index (χ4n) is 2.38. The lowest BCUT2D eigenvalue weighted by Crippen LogP contribution is -2.46. The first-order chi connectivity index (χ1) is 11.1. The van der Waals surface area contributed by atoms with Crippen LogP contribution in [0.1, 0.15) is 16.8 Å². The zero-order chi connectivity index (χ0) is 16.2. The number of aromatic hydroxyl groups is 1. The molecule has 0 unspecified atom stereocenters. The highest BCUT2D eigenvalue weighted by Gasteiger charge is 2.20. The van der Waals surface area contributed by atoms with Gasteiger partial charge in [0.25, 0.3) is 5.91 Å². The minimum absolute atomic E-state index is 0.104. The molecule has 2 heterocycles. The summed E-state index contributed by atoms with van der Waals surface area (Å²) in [6.07, 6.45) is 3.58. The maximum Gasteiger partial charge on any atom is 0.321 e. The number of benzene rings is 1. The third-order valence-corrected chi connectivity index (χ3v) is 3.55. The second-order valence-electron chi connectivity index (χ2n) is 5.13. The van der Waals surface area contributed by atoms with E-state index in [9.17, 15) is 14.7 Å². The van der Waals surface area contributed by atoms with E-state index in [-0.39, 0.29) is 23.4 Å². The Bertz CT molecular complexity index is 748. The molecule has 3 N–H and O–H groups in total. The first-order valence-corrected chi connectivity index (χ1v) is 7.25. The molecule has 7 nitrogen and oxygen atoms in total. The molecule has 7 heteroatoms. The van der Waals surface area contributed by atoms with E-state index in [0.29, 0.717) is 24.3 Å². The maximum absolute atomic E-state index is 12.3. The lowest BCUT2D eigenvalue weighted by molar-refractivity contribution is 0.102. The first-order valence-electron chi connectivity index (χ1n) is 7.25. The summed E-state index contributed by atoms with van der Waals surface area (Å²) in [7, 11) is 0. The van der Waals surface area contributed by atoms with Crippen molar-refractivity contribution < 1.29 is 14.7 Å². The molecular weight excluding hydrogens is 296 g/mol. The van der Waals surface area contributed by atoms with E-state index in [1.807, 2.05) is 0 Å². The monoisotopic (exact) mass is 312 g/mol. The van der Waals surface area contributed by atoms with Crippen molar-refractivity contribution in [1.82, 2.24) is 10.3 Å². The van der Waals surface area contributed by atoms with Gasteiger partial charge in [0.1, 0.15) is 0 Å². The quantitative estimate of drug-likeness (QED) is 0.807. The molecule has 118 valence electrons. The van der Waals surface area contributed by atoms with Crippen molar-refractivity contribution in [3.8, 4) is 5.75 Å². The maximum atomic E-state index is 12.3. The molecule has 0 aliphatic carbocycles. The van der Waals surface area contributed by atoms with Crippen LogP contribution in [0.15, 0.2) is 42.7 Å². The van der Waals surface area contributed by atoms with Gasteiger partial charge in [-0.2, -0.15) is 0 Å². The van der Waals surface area contributed by atoms with Crippen LogP contribution in [-0.4, -0.2) is 35.1 Å². The largest absolute Gasteiger partial charge is 0.504 e. The average Bonchev–Trinajstić information content (AvgIpc) is 2.57. The first kappa shape index (κ1) is 14.8. The number of carbonyl (C=O) groups excluding carboxylic acids is 2. The third kappa shape index (κ3) is 3.23. The summed E-state index contributed by atoms with van der Waals surface area (Å²) in [5.41, 5.74) is 1.34. The number of rotatable bonds is 3. The highest BCUT2D eigenvalue weighted by atomic mass is 16.3. The number of hydrogen-bond donors (Lipinski definition) is 3. The van der Waals surface area contributed by atoms with Crippen LogP contribution in [0.4, 0.5) is 16.2 Å². The Hall–Kier alpha value is -3.09. The van der Waals surface area contributed by atoms with Gasteiger partial charge in [-0.3, -0.25) is 14.7 Å². The number of carbonyl (C=O) groups is 2. The average molecular weight is 312 g/mol. The van der Waals surface area contributed by atoms with Crippen LogP contribution < -0.4 is 15.5 Å². The van der Waals surface area contributed by atoms with E-state index in [4.69, 9.17) is 0 Å². The summed E-state index contributed by atoms with van der Waals surface area (Å²) in [5, 5.41) is 15.1. The smallest absolute Gasteiger partial charge is 0.321 e. The van der Waals surface area contributed by atoms with Crippen LogP contribution in [0.25, 0.3) is 0 Å². The Balaban J connectivity index is 1.80. The van der Waals surface area contributed by atoms with Crippen LogP contribution in [-0.2, 0) is 0 Å². The molecule has 1 saturated heterocycles. The van der Waals surface area contributed by atoms with Gasteiger partial charge in [-0.1, -0.05) is 6.07 Å². The van der Waals surface area contributed by atoms with Gasteiger partial charge in [0, 0.05) is 30.5 Å². The number of pyridine rings is 1. The van der Waals surface area contributed by atoms with Crippen molar-refractivity contribution >= 4 is 23.3 Å². The zero-order valence-corrected chi connectivity index (χ0v) is 12.3. The van der Waals surface area contributed by atoms with Gasteiger partial charge in [-0.05, 0) is 30.7 Å². The number of anilines is 2. The number of nitrogens with zero attached hydrogens (tertiary/aromatic N) is 2. The van der Waals surface area contributed by atoms with Crippen LogP contribution in [0, 0.1) is 0 Å². The van der Waals surface area contributed by atoms with E-state index < -0.39 is 0 Å². The van der Waals surface area contributed by atoms with E-state index in [1.54, 1.807) is 29.2 Å². The van der Waals surface area contributed by atoms with Crippen molar-refractivity contribution in [3.63, 3.8) is 0 Å². The third-order valence-electron chi connectivity index (χ3n) is 3.55. The van der Waals surface area contributed by atoms with Crippen LogP contribution >= 0.6 is 0 Å². The molecule has 3 rings (SSSR count). The number of hydrogen-bond acceptors (Lipinski definition) is 4. The van der Waals surface area contributed by atoms with E-state index in [2.05, 4.69) is 15.6 Å². The molecule has 0 radical (unpaired) electrons. The topological polar surface area (TPSA) is 94.6 Å². The summed E-state index contributed by atoms with van der Waals surface area (Å²) in [6.45, 7) is 1.28. The molecule has 1 aromatic heterocycles. The Labute approximate surface area is 133 Å². The fraction of sp³-hybridized carbons (Fsp3) is 0.188. The number of aromatic nitrogens is 1. The molecule has 0 saturated carbocycles. The number of amides is 3. The Morgan fingerprint density at radius 3 is 3.00 bits per heavy atom. The van der Waals surface area contributed by atoms with Crippen molar-refractivity contribution in [2.24, 2.45) is 0 Å².